The van der Waals surface area contributed by atoms with E-state index in [4.69, 9.17) is 9.47 Å². The minimum Gasteiger partial charge on any atom is -0.491 e. The summed E-state index contributed by atoms with van der Waals surface area (Å²) >= 11 is 0. The lowest BCUT2D eigenvalue weighted by Gasteiger charge is -2.14. The number of fused-ring (bicyclic) bond motifs is 1. The van der Waals surface area contributed by atoms with Crippen LogP contribution in [0.4, 0.5) is 0 Å². The first-order valence-electron chi connectivity index (χ1n) is 11.5. The van der Waals surface area contributed by atoms with E-state index in [1.54, 1.807) is 6.92 Å². The molecule has 0 saturated carbocycles. The zero-order valence-corrected chi connectivity index (χ0v) is 19.5. The Morgan fingerprint density at radius 3 is 2.44 bits per heavy atom. The van der Waals surface area contributed by atoms with E-state index in [0.717, 1.165) is 27.8 Å². The Bertz CT molecular complexity index is 1240. The Morgan fingerprint density at radius 1 is 1.03 bits per heavy atom. The molecule has 1 atom stereocenters. The van der Waals surface area contributed by atoms with Crippen LogP contribution in [0, 0.1) is 6.92 Å². The van der Waals surface area contributed by atoms with E-state index < -0.39 is 6.10 Å². The topological polar surface area (TPSA) is 72.7 Å². The molecule has 2 N–H and O–H groups in total. The van der Waals surface area contributed by atoms with Crippen molar-refractivity contribution in [2.75, 3.05) is 19.8 Å². The van der Waals surface area contributed by atoms with Gasteiger partial charge >= 0.3 is 5.97 Å². The molecule has 0 aliphatic rings. The Hall–Kier alpha value is -3.61. The lowest BCUT2D eigenvalue weighted by Crippen LogP contribution is -2.31. The number of carbonyl (C=O) groups is 1. The standard InChI is InChI=1S/C28H30N2O4/c1-3-33-28(32)27-20(2)30(22-12-8-5-9-13-22)26-15-14-24(16-25(26)27)34-19-23(31)18-29-17-21-10-6-4-7-11-21/h4-16,23,29,31H,3,17-19H2,1-2H3. The predicted molar refractivity (Wildman–Crippen MR) is 134 cm³/mol. The molecule has 4 aromatic rings. The Balaban J connectivity index is 1.52. The normalized spacial score (nSPS) is 12.0. The molecule has 6 heteroatoms. The number of carbonyl (C=O) groups excluding carboxylic acids is 1. The van der Waals surface area contributed by atoms with Crippen LogP contribution >= 0.6 is 0 Å². The second kappa shape index (κ2) is 11.0. The zero-order chi connectivity index (χ0) is 23.9. The van der Waals surface area contributed by atoms with Gasteiger partial charge in [-0.2, -0.15) is 0 Å². The van der Waals surface area contributed by atoms with Crippen molar-refractivity contribution in [1.82, 2.24) is 9.88 Å². The molecular formula is C28H30N2O4. The monoisotopic (exact) mass is 458 g/mol. The number of nitrogens with one attached hydrogen (secondary N) is 1. The number of aliphatic hydroxyl groups excluding tert-OH is 1. The maximum atomic E-state index is 12.8. The Kier molecular flexibility index (Phi) is 7.62. The molecule has 1 unspecified atom stereocenters. The van der Waals surface area contributed by atoms with Crippen molar-refractivity contribution in [2.45, 2.75) is 26.5 Å². The number of aliphatic hydroxyl groups is 1. The first-order valence-corrected chi connectivity index (χ1v) is 11.5. The Morgan fingerprint density at radius 2 is 1.74 bits per heavy atom. The molecule has 6 nitrogen and oxygen atoms in total. The van der Waals surface area contributed by atoms with Gasteiger partial charge in [0.1, 0.15) is 18.5 Å². The number of aromatic nitrogens is 1. The number of hydrogen-bond acceptors (Lipinski definition) is 5. The fourth-order valence-corrected chi connectivity index (χ4v) is 4.09. The van der Waals surface area contributed by atoms with Crippen LogP contribution in [0.15, 0.2) is 78.9 Å². The second-order valence-electron chi connectivity index (χ2n) is 8.11. The highest BCUT2D eigenvalue weighted by molar-refractivity contribution is 6.07. The van der Waals surface area contributed by atoms with E-state index in [1.165, 1.54) is 0 Å². The number of para-hydroxylation sites is 1. The summed E-state index contributed by atoms with van der Waals surface area (Å²) in [7, 11) is 0. The van der Waals surface area contributed by atoms with Gasteiger partial charge in [0.2, 0.25) is 0 Å². The lowest BCUT2D eigenvalue weighted by molar-refractivity contribution is 0.0527. The van der Waals surface area contributed by atoms with Crippen LogP contribution in [0.5, 0.6) is 5.75 Å². The number of rotatable bonds is 10. The third-order valence-corrected chi connectivity index (χ3v) is 5.66. The van der Waals surface area contributed by atoms with Crippen molar-refractivity contribution in [3.63, 3.8) is 0 Å². The highest BCUT2D eigenvalue weighted by Crippen LogP contribution is 2.32. The third-order valence-electron chi connectivity index (χ3n) is 5.66. The molecule has 34 heavy (non-hydrogen) atoms. The van der Waals surface area contributed by atoms with Crippen LogP contribution in [0.3, 0.4) is 0 Å². The van der Waals surface area contributed by atoms with E-state index in [0.29, 0.717) is 31.0 Å². The summed E-state index contributed by atoms with van der Waals surface area (Å²) in [5.41, 5.74) is 4.35. The van der Waals surface area contributed by atoms with Crippen molar-refractivity contribution in [3.05, 3.63) is 95.7 Å². The molecule has 0 aliphatic heterocycles. The van der Waals surface area contributed by atoms with Gasteiger partial charge in [-0.15, -0.1) is 0 Å². The van der Waals surface area contributed by atoms with Gasteiger partial charge in [0.25, 0.3) is 0 Å². The summed E-state index contributed by atoms with van der Waals surface area (Å²) in [6.45, 7) is 5.25. The minimum absolute atomic E-state index is 0.139. The quantitative estimate of drug-likeness (QED) is 0.339. The number of ether oxygens (including phenoxy) is 2. The summed E-state index contributed by atoms with van der Waals surface area (Å²) in [4.78, 5) is 12.8. The van der Waals surface area contributed by atoms with Crippen LogP contribution in [0.25, 0.3) is 16.6 Å². The maximum absolute atomic E-state index is 12.8. The number of nitrogens with zero attached hydrogens (tertiary/aromatic N) is 1. The van der Waals surface area contributed by atoms with Crippen molar-refractivity contribution in [3.8, 4) is 11.4 Å². The van der Waals surface area contributed by atoms with Crippen LogP contribution in [0.1, 0.15) is 28.5 Å². The van der Waals surface area contributed by atoms with Crippen LogP contribution in [-0.2, 0) is 11.3 Å². The zero-order valence-electron chi connectivity index (χ0n) is 19.5. The molecule has 0 aliphatic carbocycles. The SMILES string of the molecule is CCOC(=O)c1c(C)n(-c2ccccc2)c2ccc(OCC(O)CNCc3ccccc3)cc12. The molecule has 1 aromatic heterocycles. The Labute approximate surface area is 199 Å². The highest BCUT2D eigenvalue weighted by atomic mass is 16.5. The van der Waals surface area contributed by atoms with Crippen molar-refractivity contribution >= 4 is 16.9 Å². The van der Waals surface area contributed by atoms with Crippen molar-refractivity contribution in [1.29, 1.82) is 0 Å². The molecule has 1 heterocycles. The number of esters is 1. The molecule has 3 aromatic carbocycles. The minimum atomic E-state index is -0.667. The van der Waals surface area contributed by atoms with E-state index in [1.807, 2.05) is 90.4 Å². The van der Waals surface area contributed by atoms with E-state index in [9.17, 15) is 9.90 Å². The summed E-state index contributed by atoms with van der Waals surface area (Å²) in [6, 6.07) is 25.6. The highest BCUT2D eigenvalue weighted by Gasteiger charge is 2.22. The maximum Gasteiger partial charge on any atom is 0.340 e. The van der Waals surface area contributed by atoms with E-state index in [2.05, 4.69) is 5.32 Å². The molecule has 0 fully saturated rings. The average molecular weight is 459 g/mol. The number of hydrogen-bond donors (Lipinski definition) is 2. The van der Waals surface area contributed by atoms with Gasteiger partial charge in [-0.3, -0.25) is 0 Å². The largest absolute Gasteiger partial charge is 0.491 e. The van der Waals surface area contributed by atoms with Crippen molar-refractivity contribution < 1.29 is 19.4 Å². The molecule has 4 rings (SSSR count). The summed E-state index contributed by atoms with van der Waals surface area (Å²) in [6.07, 6.45) is -0.667. The summed E-state index contributed by atoms with van der Waals surface area (Å²) < 4.78 is 13.3. The van der Waals surface area contributed by atoms with Gasteiger partial charge in [0, 0.05) is 29.9 Å². The van der Waals surface area contributed by atoms with E-state index in [-0.39, 0.29) is 12.6 Å². The molecule has 0 spiro atoms. The second-order valence-corrected chi connectivity index (χ2v) is 8.11. The smallest absolute Gasteiger partial charge is 0.340 e. The van der Waals surface area contributed by atoms with Gasteiger partial charge in [0.05, 0.1) is 17.7 Å². The predicted octanol–water partition coefficient (Wildman–Crippen LogP) is 4.65. The van der Waals surface area contributed by atoms with Gasteiger partial charge in [0.15, 0.2) is 0 Å². The van der Waals surface area contributed by atoms with Crippen LogP contribution < -0.4 is 10.1 Å². The third kappa shape index (κ3) is 5.30. The molecular weight excluding hydrogens is 428 g/mol. The van der Waals surface area contributed by atoms with Crippen LogP contribution in [-0.4, -0.2) is 41.5 Å². The number of benzene rings is 3. The lowest BCUT2D eigenvalue weighted by atomic mass is 10.1. The molecule has 0 bridgehead atoms. The first-order chi connectivity index (χ1) is 16.6. The van der Waals surface area contributed by atoms with Gasteiger partial charge < -0.3 is 24.5 Å². The molecule has 0 saturated heterocycles. The summed E-state index contributed by atoms with van der Waals surface area (Å²) in [5.74, 6) is 0.229. The summed E-state index contributed by atoms with van der Waals surface area (Å²) in [5, 5.41) is 14.3. The van der Waals surface area contributed by atoms with Crippen LogP contribution in [0.2, 0.25) is 0 Å². The fraction of sp³-hybridized carbons (Fsp3) is 0.250. The molecule has 176 valence electrons. The average Bonchev–Trinajstić information content (AvgIpc) is 3.15. The van der Waals surface area contributed by atoms with Gasteiger partial charge in [-0.25, -0.2) is 4.79 Å². The van der Waals surface area contributed by atoms with E-state index >= 15 is 0 Å². The van der Waals surface area contributed by atoms with Crippen molar-refractivity contribution in [2.24, 2.45) is 0 Å². The molecule has 0 radical (unpaired) electrons. The first kappa shape index (κ1) is 23.5. The fourth-order valence-electron chi connectivity index (χ4n) is 4.09. The van der Waals surface area contributed by atoms with Gasteiger partial charge in [-0.1, -0.05) is 48.5 Å². The van der Waals surface area contributed by atoms with Gasteiger partial charge in [-0.05, 0) is 49.7 Å². The molecule has 0 amide bonds.